The highest BCUT2D eigenvalue weighted by Gasteiger charge is 2.34. The summed E-state index contributed by atoms with van der Waals surface area (Å²) in [6, 6.07) is 0. The van der Waals surface area contributed by atoms with Crippen LogP contribution < -0.4 is 11.1 Å². The van der Waals surface area contributed by atoms with Gasteiger partial charge in [0.15, 0.2) is 0 Å². The van der Waals surface area contributed by atoms with Crippen LogP contribution in [0.4, 0.5) is 0 Å². The first-order chi connectivity index (χ1) is 8.21. The standard InChI is InChI=1S/C13H25N3O/c14-13(6-2-1-3-7-13)12(17)15-8-11-16-9-4-5-10-16/h1-11,14H2,(H,15,17). The number of likely N-dealkylation sites (tertiary alicyclic amines) is 1. The van der Waals surface area contributed by atoms with Gasteiger partial charge in [0.25, 0.3) is 0 Å². The number of carbonyl (C=O) groups is 1. The van der Waals surface area contributed by atoms with Gasteiger partial charge in [0.2, 0.25) is 5.91 Å². The van der Waals surface area contributed by atoms with E-state index >= 15 is 0 Å². The zero-order valence-corrected chi connectivity index (χ0v) is 10.7. The monoisotopic (exact) mass is 239 g/mol. The summed E-state index contributed by atoms with van der Waals surface area (Å²) in [7, 11) is 0. The van der Waals surface area contributed by atoms with Crippen molar-refractivity contribution in [3.05, 3.63) is 0 Å². The molecule has 3 N–H and O–H groups in total. The third-order valence-electron chi connectivity index (χ3n) is 4.11. The Labute approximate surface area is 104 Å². The van der Waals surface area contributed by atoms with E-state index in [0.717, 1.165) is 38.8 Å². The van der Waals surface area contributed by atoms with Gasteiger partial charge in [-0.25, -0.2) is 0 Å². The average molecular weight is 239 g/mol. The minimum Gasteiger partial charge on any atom is -0.353 e. The number of nitrogens with one attached hydrogen (secondary N) is 1. The van der Waals surface area contributed by atoms with Crippen LogP contribution in [0.3, 0.4) is 0 Å². The predicted octanol–water partition coefficient (Wildman–Crippen LogP) is 0.860. The van der Waals surface area contributed by atoms with Crippen molar-refractivity contribution in [2.45, 2.75) is 50.5 Å². The summed E-state index contributed by atoms with van der Waals surface area (Å²) in [6.07, 6.45) is 7.71. The average Bonchev–Trinajstić information content (AvgIpc) is 2.83. The number of nitrogens with zero attached hydrogens (tertiary/aromatic N) is 1. The molecule has 1 amide bonds. The van der Waals surface area contributed by atoms with E-state index in [1.807, 2.05) is 0 Å². The Morgan fingerprint density at radius 3 is 2.41 bits per heavy atom. The van der Waals surface area contributed by atoms with Crippen molar-refractivity contribution in [3.8, 4) is 0 Å². The van der Waals surface area contributed by atoms with Crippen LogP contribution in [-0.2, 0) is 4.79 Å². The first kappa shape index (κ1) is 12.8. The molecule has 0 spiro atoms. The van der Waals surface area contributed by atoms with Crippen molar-refractivity contribution < 1.29 is 4.79 Å². The molecule has 0 aromatic rings. The number of rotatable bonds is 4. The van der Waals surface area contributed by atoms with E-state index in [9.17, 15) is 4.79 Å². The molecule has 2 rings (SSSR count). The minimum absolute atomic E-state index is 0.0661. The van der Waals surface area contributed by atoms with Crippen molar-refractivity contribution in [2.75, 3.05) is 26.2 Å². The SMILES string of the molecule is NC1(C(=O)NCCN2CCCC2)CCCCC1. The second kappa shape index (κ2) is 5.83. The molecule has 98 valence electrons. The van der Waals surface area contributed by atoms with E-state index in [1.54, 1.807) is 0 Å². The molecule has 1 heterocycles. The Bertz CT molecular complexity index is 255. The van der Waals surface area contributed by atoms with Crippen LogP contribution in [0.2, 0.25) is 0 Å². The maximum atomic E-state index is 12.0. The second-order valence-electron chi connectivity index (χ2n) is 5.52. The van der Waals surface area contributed by atoms with E-state index in [0.29, 0.717) is 0 Å². The Morgan fingerprint density at radius 2 is 1.76 bits per heavy atom. The van der Waals surface area contributed by atoms with E-state index in [4.69, 9.17) is 5.73 Å². The molecule has 2 fully saturated rings. The molecule has 0 aromatic carbocycles. The summed E-state index contributed by atoms with van der Waals surface area (Å²) in [5, 5.41) is 3.01. The van der Waals surface area contributed by atoms with Crippen molar-refractivity contribution >= 4 is 5.91 Å². The topological polar surface area (TPSA) is 58.4 Å². The summed E-state index contributed by atoms with van der Waals surface area (Å²) >= 11 is 0. The van der Waals surface area contributed by atoms with Crippen molar-refractivity contribution in [3.63, 3.8) is 0 Å². The highest BCUT2D eigenvalue weighted by Crippen LogP contribution is 2.25. The van der Waals surface area contributed by atoms with E-state index < -0.39 is 5.54 Å². The first-order valence-electron chi connectivity index (χ1n) is 7.00. The lowest BCUT2D eigenvalue weighted by Gasteiger charge is -2.32. The van der Waals surface area contributed by atoms with Crippen molar-refractivity contribution in [1.29, 1.82) is 0 Å². The van der Waals surface area contributed by atoms with E-state index in [-0.39, 0.29) is 5.91 Å². The summed E-state index contributed by atoms with van der Waals surface area (Å²) < 4.78 is 0. The molecule has 1 saturated carbocycles. The van der Waals surface area contributed by atoms with Gasteiger partial charge in [-0.3, -0.25) is 4.79 Å². The summed E-state index contributed by atoms with van der Waals surface area (Å²) in [5.41, 5.74) is 5.59. The van der Waals surface area contributed by atoms with Gasteiger partial charge in [-0.2, -0.15) is 0 Å². The van der Waals surface area contributed by atoms with Crippen molar-refractivity contribution in [1.82, 2.24) is 10.2 Å². The maximum Gasteiger partial charge on any atom is 0.240 e. The molecule has 0 radical (unpaired) electrons. The van der Waals surface area contributed by atoms with E-state index in [1.165, 1.54) is 32.4 Å². The predicted molar refractivity (Wildman–Crippen MR) is 68.7 cm³/mol. The second-order valence-corrected chi connectivity index (χ2v) is 5.52. The minimum atomic E-state index is -0.580. The molecule has 0 unspecified atom stereocenters. The quantitative estimate of drug-likeness (QED) is 0.765. The largest absolute Gasteiger partial charge is 0.353 e. The zero-order chi connectivity index (χ0) is 12.1. The molecule has 1 aliphatic heterocycles. The number of carbonyl (C=O) groups excluding carboxylic acids is 1. The molecule has 0 atom stereocenters. The Hall–Kier alpha value is -0.610. The van der Waals surface area contributed by atoms with Gasteiger partial charge in [-0.1, -0.05) is 19.3 Å². The van der Waals surface area contributed by atoms with Crippen LogP contribution >= 0.6 is 0 Å². The molecule has 4 heteroatoms. The van der Waals surface area contributed by atoms with Gasteiger partial charge < -0.3 is 16.0 Å². The number of hydrogen-bond donors (Lipinski definition) is 2. The van der Waals surface area contributed by atoms with Crippen LogP contribution in [0.25, 0.3) is 0 Å². The Morgan fingerprint density at radius 1 is 1.12 bits per heavy atom. The zero-order valence-electron chi connectivity index (χ0n) is 10.7. The normalized spacial score (nSPS) is 24.8. The van der Waals surface area contributed by atoms with Crippen molar-refractivity contribution in [2.24, 2.45) is 5.73 Å². The van der Waals surface area contributed by atoms with Gasteiger partial charge in [0.1, 0.15) is 0 Å². The van der Waals surface area contributed by atoms with Crippen LogP contribution in [0.1, 0.15) is 44.9 Å². The first-order valence-corrected chi connectivity index (χ1v) is 7.00. The Balaban J connectivity index is 1.68. The number of amides is 1. The third kappa shape index (κ3) is 3.42. The third-order valence-corrected chi connectivity index (χ3v) is 4.11. The smallest absolute Gasteiger partial charge is 0.240 e. The number of nitrogens with two attached hydrogens (primary N) is 1. The lowest BCUT2D eigenvalue weighted by Crippen LogP contribution is -2.55. The molecule has 0 bridgehead atoms. The van der Waals surface area contributed by atoms with Gasteiger partial charge in [0.05, 0.1) is 5.54 Å². The lowest BCUT2D eigenvalue weighted by molar-refractivity contribution is -0.127. The van der Waals surface area contributed by atoms with Crippen LogP contribution in [0.15, 0.2) is 0 Å². The molecule has 4 nitrogen and oxygen atoms in total. The van der Waals surface area contributed by atoms with Crippen LogP contribution in [0, 0.1) is 0 Å². The highest BCUT2D eigenvalue weighted by atomic mass is 16.2. The molecule has 2 aliphatic rings. The maximum absolute atomic E-state index is 12.0. The summed E-state index contributed by atoms with van der Waals surface area (Å²) in [6.45, 7) is 4.09. The Kier molecular flexibility index (Phi) is 4.40. The summed E-state index contributed by atoms with van der Waals surface area (Å²) in [5.74, 6) is 0.0661. The van der Waals surface area contributed by atoms with Gasteiger partial charge in [-0.05, 0) is 38.8 Å². The molecular weight excluding hydrogens is 214 g/mol. The highest BCUT2D eigenvalue weighted by molar-refractivity contribution is 5.86. The number of hydrogen-bond acceptors (Lipinski definition) is 3. The van der Waals surface area contributed by atoms with Crippen LogP contribution in [-0.4, -0.2) is 42.5 Å². The molecule has 1 saturated heterocycles. The van der Waals surface area contributed by atoms with Gasteiger partial charge in [-0.15, -0.1) is 0 Å². The fourth-order valence-electron chi connectivity index (χ4n) is 2.92. The fraction of sp³-hybridized carbons (Fsp3) is 0.923. The molecule has 0 aromatic heterocycles. The lowest BCUT2D eigenvalue weighted by atomic mass is 9.82. The molecular formula is C13H25N3O. The molecule has 1 aliphatic carbocycles. The van der Waals surface area contributed by atoms with Gasteiger partial charge in [0, 0.05) is 13.1 Å². The van der Waals surface area contributed by atoms with Crippen LogP contribution in [0.5, 0.6) is 0 Å². The summed E-state index contributed by atoms with van der Waals surface area (Å²) in [4.78, 5) is 14.4. The van der Waals surface area contributed by atoms with E-state index in [2.05, 4.69) is 10.2 Å². The fourth-order valence-corrected chi connectivity index (χ4v) is 2.92. The molecule has 17 heavy (non-hydrogen) atoms. The van der Waals surface area contributed by atoms with Gasteiger partial charge >= 0.3 is 0 Å².